The van der Waals surface area contributed by atoms with Gasteiger partial charge in [-0.2, -0.15) is 18.2 Å². The number of aliphatic imine (C=N–C) groups is 1. The first kappa shape index (κ1) is 27.4. The van der Waals surface area contributed by atoms with Crippen molar-refractivity contribution in [1.29, 1.82) is 0 Å². The number of rotatable bonds is 5. The van der Waals surface area contributed by atoms with Crippen molar-refractivity contribution in [3.05, 3.63) is 89.3 Å². The number of amides is 1. The molecule has 0 aromatic heterocycles. The van der Waals surface area contributed by atoms with Crippen LogP contribution in [-0.4, -0.2) is 28.8 Å². The van der Waals surface area contributed by atoms with E-state index in [1.807, 2.05) is 61.5 Å². The summed E-state index contributed by atoms with van der Waals surface area (Å²) in [6.07, 6.45) is 1.88. The van der Waals surface area contributed by atoms with Crippen molar-refractivity contribution in [2.45, 2.75) is 13.8 Å². The van der Waals surface area contributed by atoms with Crippen molar-refractivity contribution >= 4 is 40.6 Å². The number of ether oxygens (including phenoxy) is 1. The van der Waals surface area contributed by atoms with Crippen molar-refractivity contribution in [3.8, 4) is 16.9 Å². The van der Waals surface area contributed by atoms with Crippen LogP contribution in [0.4, 0.5) is 5.69 Å². The Balaban J connectivity index is 0.000000758. The summed E-state index contributed by atoms with van der Waals surface area (Å²) in [6.45, 7) is 3.71. The summed E-state index contributed by atoms with van der Waals surface area (Å²) in [4.78, 5) is 26.3. The predicted octanol–water partition coefficient (Wildman–Crippen LogP) is 2.54. The van der Waals surface area contributed by atoms with Crippen LogP contribution in [0, 0.1) is 6.07 Å². The smallest absolute Gasteiger partial charge is 0.494 e. The first-order valence-electron chi connectivity index (χ1n) is 10.2. The van der Waals surface area contributed by atoms with Gasteiger partial charge in [-0.05, 0) is 59.3 Å². The van der Waals surface area contributed by atoms with Crippen LogP contribution in [0.1, 0.15) is 19.4 Å². The second-order valence-electron chi connectivity index (χ2n) is 6.84. The molecule has 0 bridgehead atoms. The summed E-state index contributed by atoms with van der Waals surface area (Å²) >= 11 is 1.34. The molecule has 0 saturated carbocycles. The van der Waals surface area contributed by atoms with Crippen LogP contribution in [0.15, 0.2) is 82.7 Å². The number of hydrogen-bond donors (Lipinski definition) is 2. The van der Waals surface area contributed by atoms with Crippen molar-refractivity contribution in [3.63, 3.8) is 0 Å². The summed E-state index contributed by atoms with van der Waals surface area (Å²) in [5, 5.41) is 10.8. The van der Waals surface area contributed by atoms with Gasteiger partial charge >= 0.3 is 29.6 Å². The maximum absolute atomic E-state index is 12.3. The molecule has 6 nitrogen and oxygen atoms in total. The number of nitrogens with zero attached hydrogens (tertiary/aromatic N) is 1. The Labute approximate surface area is 225 Å². The minimum Gasteiger partial charge on any atom is -0.494 e. The minimum atomic E-state index is -0.833. The van der Waals surface area contributed by atoms with Gasteiger partial charge in [0.05, 0.1) is 11.5 Å². The van der Waals surface area contributed by atoms with Gasteiger partial charge in [-0.25, -0.2) is 0 Å². The number of carboxylic acid groups (broad SMARTS) is 1. The monoisotopic (exact) mass is 482 g/mol. The first-order valence-corrected chi connectivity index (χ1v) is 11.0. The van der Waals surface area contributed by atoms with Gasteiger partial charge in [0, 0.05) is 6.92 Å². The van der Waals surface area contributed by atoms with E-state index in [0.717, 1.165) is 35.1 Å². The van der Waals surface area contributed by atoms with Crippen LogP contribution in [-0.2, 0) is 9.59 Å². The van der Waals surface area contributed by atoms with Gasteiger partial charge in [-0.3, -0.25) is 14.6 Å². The molecule has 1 saturated heterocycles. The number of amidine groups is 1. The largest absolute Gasteiger partial charge is 1.00 e. The Bertz CT molecular complexity index is 1160. The molecule has 1 aliphatic rings. The number of hydrogen-bond acceptors (Lipinski definition) is 5. The maximum Gasteiger partial charge on any atom is 1.00 e. The number of aliphatic carboxylic acids is 1. The summed E-state index contributed by atoms with van der Waals surface area (Å²) in [7, 11) is 0. The normalized spacial score (nSPS) is 14.6. The van der Waals surface area contributed by atoms with E-state index < -0.39 is 5.97 Å². The SMILES string of the molecule is CC(=O)O.CCOc1ccc(-c2ccc(/C=C3/SC(=Nc4cc[c-]cc4)NC3=O)cc2)cc1.[Na+]. The fourth-order valence-electron chi connectivity index (χ4n) is 2.88. The van der Waals surface area contributed by atoms with E-state index in [4.69, 9.17) is 14.6 Å². The standard InChI is InChI=1S/C24H19N2O2S.C2H4O2.Na/c1-2-28-21-14-12-19(13-15-21)18-10-8-17(9-11-18)16-22-23(27)26-24(29-22)25-20-6-4-3-5-7-20;1-2(3)4;/h4-16H,2H2,1H3,(H,25,26,27);1H3,(H,3,4);/q-1;;+1/b22-16+;;. The average molecular weight is 483 g/mol. The van der Waals surface area contributed by atoms with Crippen molar-refractivity contribution in [2.24, 2.45) is 4.99 Å². The van der Waals surface area contributed by atoms with Gasteiger partial charge in [0.2, 0.25) is 0 Å². The van der Waals surface area contributed by atoms with Crippen LogP contribution < -0.4 is 39.6 Å². The van der Waals surface area contributed by atoms with Gasteiger partial charge in [-0.1, -0.05) is 36.4 Å². The number of nitrogens with one attached hydrogen (secondary N) is 1. The molecule has 1 amide bonds. The number of carbonyl (C=O) groups excluding carboxylic acids is 1. The molecule has 0 atom stereocenters. The Morgan fingerprint density at radius 1 is 1.06 bits per heavy atom. The summed E-state index contributed by atoms with van der Waals surface area (Å²) in [5.74, 6) is -0.0974. The van der Waals surface area contributed by atoms with Crippen LogP contribution in [0.5, 0.6) is 5.75 Å². The molecule has 0 aliphatic carbocycles. The summed E-state index contributed by atoms with van der Waals surface area (Å²) < 4.78 is 5.49. The van der Waals surface area contributed by atoms with E-state index in [-0.39, 0.29) is 35.5 Å². The molecule has 1 fully saturated rings. The molecule has 0 spiro atoms. The van der Waals surface area contributed by atoms with Crippen LogP contribution >= 0.6 is 11.8 Å². The number of thioether (sulfide) groups is 1. The molecule has 34 heavy (non-hydrogen) atoms. The zero-order valence-corrected chi connectivity index (χ0v) is 22.1. The zero-order chi connectivity index (χ0) is 23.6. The molecule has 1 heterocycles. The molecule has 0 unspecified atom stereocenters. The molecule has 3 aromatic rings. The number of carboxylic acids is 1. The Morgan fingerprint density at radius 3 is 2.18 bits per heavy atom. The van der Waals surface area contributed by atoms with Gasteiger partial charge in [-0.15, -0.1) is 12.1 Å². The maximum atomic E-state index is 12.3. The molecule has 3 aromatic carbocycles. The summed E-state index contributed by atoms with van der Waals surface area (Å²) in [6, 6.07) is 26.4. The van der Waals surface area contributed by atoms with E-state index in [9.17, 15) is 4.79 Å². The van der Waals surface area contributed by atoms with E-state index in [2.05, 4.69) is 28.5 Å². The Kier molecular flexibility index (Phi) is 11.1. The van der Waals surface area contributed by atoms with Crippen molar-refractivity contribution in [1.82, 2.24) is 5.32 Å². The van der Waals surface area contributed by atoms with Gasteiger partial charge in [0.1, 0.15) is 5.75 Å². The van der Waals surface area contributed by atoms with E-state index in [1.165, 1.54) is 11.8 Å². The van der Waals surface area contributed by atoms with E-state index in [0.29, 0.717) is 16.7 Å². The number of benzene rings is 3. The molecular weight excluding hydrogens is 459 g/mol. The average Bonchev–Trinajstić information content (AvgIpc) is 3.14. The van der Waals surface area contributed by atoms with E-state index >= 15 is 0 Å². The van der Waals surface area contributed by atoms with Crippen LogP contribution in [0.25, 0.3) is 17.2 Å². The molecule has 2 N–H and O–H groups in total. The van der Waals surface area contributed by atoms with E-state index in [1.54, 1.807) is 12.1 Å². The predicted molar refractivity (Wildman–Crippen MR) is 132 cm³/mol. The van der Waals surface area contributed by atoms with Crippen LogP contribution in [0.2, 0.25) is 0 Å². The van der Waals surface area contributed by atoms with Crippen molar-refractivity contribution in [2.75, 3.05) is 6.61 Å². The third-order valence-electron chi connectivity index (χ3n) is 4.29. The molecule has 168 valence electrons. The third kappa shape index (κ3) is 8.50. The fourth-order valence-corrected chi connectivity index (χ4v) is 3.73. The zero-order valence-electron chi connectivity index (χ0n) is 19.2. The molecule has 0 radical (unpaired) electrons. The Hall–Kier alpha value is -2.84. The second-order valence-corrected chi connectivity index (χ2v) is 7.87. The third-order valence-corrected chi connectivity index (χ3v) is 5.20. The molecular formula is C26H23N2NaO4S. The topological polar surface area (TPSA) is 88.0 Å². The van der Waals surface area contributed by atoms with Gasteiger partial charge in [0.25, 0.3) is 11.9 Å². The fraction of sp³-hybridized carbons (Fsp3) is 0.115. The van der Waals surface area contributed by atoms with Gasteiger partial charge < -0.3 is 15.2 Å². The molecule has 8 heteroatoms. The second kappa shape index (κ2) is 13.8. The molecule has 4 rings (SSSR count). The molecule has 1 aliphatic heterocycles. The van der Waals surface area contributed by atoms with Crippen LogP contribution in [0.3, 0.4) is 0 Å². The Morgan fingerprint density at radius 2 is 1.62 bits per heavy atom. The van der Waals surface area contributed by atoms with Crippen molar-refractivity contribution < 1.29 is 49.0 Å². The summed E-state index contributed by atoms with van der Waals surface area (Å²) in [5.41, 5.74) is 3.98. The first-order chi connectivity index (χ1) is 15.9. The quantitative estimate of drug-likeness (QED) is 0.332. The number of carbonyl (C=O) groups is 2. The minimum absolute atomic E-state index is 0. The van der Waals surface area contributed by atoms with Gasteiger partial charge in [0.15, 0.2) is 5.17 Å².